The Morgan fingerprint density at radius 3 is 2.95 bits per heavy atom. The zero-order valence-corrected chi connectivity index (χ0v) is 13.8. The third kappa shape index (κ3) is 5.01. The lowest BCUT2D eigenvalue weighted by atomic mass is 10.0. The van der Waals surface area contributed by atoms with Gasteiger partial charge < -0.3 is 15.0 Å². The van der Waals surface area contributed by atoms with Crippen LogP contribution < -0.4 is 10.1 Å². The second-order valence-corrected chi connectivity index (χ2v) is 6.13. The molecule has 21 heavy (non-hydrogen) atoms. The number of hydrogen-bond donors (Lipinski definition) is 1. The lowest BCUT2D eigenvalue weighted by Gasteiger charge is -2.23. The minimum absolute atomic E-state index is 0.378. The topological polar surface area (TPSA) is 24.5 Å². The number of rotatable bonds is 6. The maximum absolute atomic E-state index is 5.32. The smallest absolute Gasteiger partial charge is 0.119 e. The maximum Gasteiger partial charge on any atom is 0.119 e. The maximum atomic E-state index is 5.32. The van der Waals surface area contributed by atoms with Gasteiger partial charge in [-0.25, -0.2) is 0 Å². The number of hydrogen-bond acceptors (Lipinski definition) is 3. The molecular weight excluding hydrogens is 260 g/mol. The molecule has 1 saturated heterocycles. The number of nitrogens with zero attached hydrogens (tertiary/aromatic N) is 1. The van der Waals surface area contributed by atoms with Crippen molar-refractivity contribution in [3.05, 3.63) is 29.8 Å². The van der Waals surface area contributed by atoms with E-state index in [0.717, 1.165) is 5.75 Å². The second-order valence-electron chi connectivity index (χ2n) is 6.13. The molecule has 1 unspecified atom stereocenters. The van der Waals surface area contributed by atoms with Crippen LogP contribution in [0.5, 0.6) is 5.75 Å². The highest BCUT2D eigenvalue weighted by Gasteiger charge is 2.18. The molecule has 1 N–H and O–H groups in total. The zero-order chi connectivity index (χ0) is 15.1. The fourth-order valence-electron chi connectivity index (χ4n) is 3.22. The van der Waals surface area contributed by atoms with E-state index in [1.807, 2.05) is 6.07 Å². The molecule has 0 bridgehead atoms. The van der Waals surface area contributed by atoms with E-state index in [-0.39, 0.29) is 0 Å². The van der Waals surface area contributed by atoms with Crippen molar-refractivity contribution in [2.24, 2.45) is 0 Å². The number of nitrogens with one attached hydrogen (secondary N) is 1. The summed E-state index contributed by atoms with van der Waals surface area (Å²) >= 11 is 0. The molecule has 1 fully saturated rings. The first-order chi connectivity index (χ1) is 10.2. The van der Waals surface area contributed by atoms with Crippen LogP contribution >= 0.6 is 0 Å². The van der Waals surface area contributed by atoms with Crippen molar-refractivity contribution < 1.29 is 4.74 Å². The van der Waals surface area contributed by atoms with Crippen LogP contribution in [-0.4, -0.2) is 37.7 Å². The van der Waals surface area contributed by atoms with Gasteiger partial charge in [-0.3, -0.25) is 0 Å². The Labute approximate surface area is 129 Å². The van der Waals surface area contributed by atoms with E-state index in [2.05, 4.69) is 42.3 Å². The monoisotopic (exact) mass is 290 g/mol. The van der Waals surface area contributed by atoms with E-state index in [9.17, 15) is 0 Å². The molecule has 1 aliphatic rings. The highest BCUT2D eigenvalue weighted by atomic mass is 16.5. The highest BCUT2D eigenvalue weighted by molar-refractivity contribution is 5.30. The molecule has 0 aromatic heterocycles. The van der Waals surface area contributed by atoms with Gasteiger partial charge in [-0.15, -0.1) is 0 Å². The van der Waals surface area contributed by atoms with Crippen molar-refractivity contribution in [3.8, 4) is 5.75 Å². The van der Waals surface area contributed by atoms with Gasteiger partial charge in [0.1, 0.15) is 5.75 Å². The van der Waals surface area contributed by atoms with E-state index >= 15 is 0 Å². The molecule has 0 saturated carbocycles. The second kappa shape index (κ2) is 8.40. The van der Waals surface area contributed by atoms with Gasteiger partial charge in [0.2, 0.25) is 0 Å². The summed E-state index contributed by atoms with van der Waals surface area (Å²) in [6.07, 6.45) is 5.11. The summed E-state index contributed by atoms with van der Waals surface area (Å²) in [5.41, 5.74) is 1.31. The van der Waals surface area contributed by atoms with E-state index < -0.39 is 0 Å². The summed E-state index contributed by atoms with van der Waals surface area (Å²) in [6, 6.07) is 9.40. The summed E-state index contributed by atoms with van der Waals surface area (Å²) < 4.78 is 5.32. The number of ether oxygens (including phenoxy) is 1. The van der Waals surface area contributed by atoms with Crippen molar-refractivity contribution in [1.82, 2.24) is 10.2 Å². The minimum Gasteiger partial charge on any atom is -0.497 e. The van der Waals surface area contributed by atoms with E-state index in [1.54, 1.807) is 7.11 Å². The minimum atomic E-state index is 0.378. The molecule has 0 aliphatic carbocycles. The quantitative estimate of drug-likeness (QED) is 0.866. The Morgan fingerprint density at radius 2 is 2.19 bits per heavy atom. The Kier molecular flexibility index (Phi) is 6.52. The predicted octanol–water partition coefficient (Wildman–Crippen LogP) is 3.61. The fourth-order valence-corrected chi connectivity index (χ4v) is 3.22. The highest BCUT2D eigenvalue weighted by Crippen LogP contribution is 2.21. The molecule has 0 spiro atoms. The largest absolute Gasteiger partial charge is 0.497 e. The summed E-state index contributed by atoms with van der Waals surface area (Å²) in [4.78, 5) is 2.61. The van der Waals surface area contributed by atoms with Gasteiger partial charge in [-0.2, -0.15) is 0 Å². The van der Waals surface area contributed by atoms with Crippen molar-refractivity contribution in [2.75, 3.05) is 26.7 Å². The van der Waals surface area contributed by atoms with Gasteiger partial charge in [-0.05, 0) is 69.9 Å². The molecular formula is C18H30N2O. The van der Waals surface area contributed by atoms with Gasteiger partial charge in [0.25, 0.3) is 0 Å². The Morgan fingerprint density at radius 1 is 1.33 bits per heavy atom. The first kappa shape index (κ1) is 16.3. The normalized spacial score (nSPS) is 21.8. The molecule has 3 nitrogen and oxygen atoms in total. The summed E-state index contributed by atoms with van der Waals surface area (Å²) in [5, 5.41) is 3.81. The van der Waals surface area contributed by atoms with Gasteiger partial charge in [0.05, 0.1) is 7.11 Å². The van der Waals surface area contributed by atoms with Crippen molar-refractivity contribution in [3.63, 3.8) is 0 Å². The standard InChI is InChI=1S/C18H30N2O/c1-4-11-20-12-6-8-17(10-13-20)19-15(2)16-7-5-9-18(14-16)21-3/h5,7,9,14-15,17,19H,4,6,8,10-13H2,1-3H3/t15-,17?/m1/s1. The number of methoxy groups -OCH3 is 1. The summed E-state index contributed by atoms with van der Waals surface area (Å²) in [7, 11) is 1.73. The SMILES string of the molecule is CCCN1CCCC(N[C@H](C)c2cccc(OC)c2)CC1. The Bertz CT molecular complexity index is 421. The first-order valence-corrected chi connectivity index (χ1v) is 8.35. The van der Waals surface area contributed by atoms with Crippen LogP contribution in [0.15, 0.2) is 24.3 Å². The molecule has 2 rings (SSSR count). The average molecular weight is 290 g/mol. The van der Waals surface area contributed by atoms with E-state index in [0.29, 0.717) is 12.1 Å². The first-order valence-electron chi connectivity index (χ1n) is 8.35. The molecule has 1 aromatic carbocycles. The van der Waals surface area contributed by atoms with Crippen molar-refractivity contribution in [1.29, 1.82) is 0 Å². The molecule has 2 atom stereocenters. The summed E-state index contributed by atoms with van der Waals surface area (Å²) in [5.74, 6) is 0.941. The van der Waals surface area contributed by atoms with Crippen LogP contribution in [0, 0.1) is 0 Å². The van der Waals surface area contributed by atoms with Crippen LogP contribution in [0.2, 0.25) is 0 Å². The fraction of sp³-hybridized carbons (Fsp3) is 0.667. The van der Waals surface area contributed by atoms with E-state index in [4.69, 9.17) is 4.74 Å². The van der Waals surface area contributed by atoms with Crippen LogP contribution in [-0.2, 0) is 0 Å². The molecule has 1 aliphatic heterocycles. The lowest BCUT2D eigenvalue weighted by molar-refractivity contribution is 0.281. The molecule has 118 valence electrons. The molecule has 3 heteroatoms. The van der Waals surface area contributed by atoms with Gasteiger partial charge in [-0.1, -0.05) is 19.1 Å². The molecule has 0 radical (unpaired) electrons. The van der Waals surface area contributed by atoms with E-state index in [1.165, 1.54) is 50.9 Å². The molecule has 1 aromatic rings. The zero-order valence-electron chi connectivity index (χ0n) is 13.8. The number of likely N-dealkylation sites (tertiary alicyclic amines) is 1. The van der Waals surface area contributed by atoms with Gasteiger partial charge in [0, 0.05) is 12.1 Å². The third-order valence-electron chi connectivity index (χ3n) is 4.44. The summed E-state index contributed by atoms with van der Waals surface area (Å²) in [6.45, 7) is 8.27. The van der Waals surface area contributed by atoms with Gasteiger partial charge in [0.15, 0.2) is 0 Å². The molecule has 0 amide bonds. The van der Waals surface area contributed by atoms with Crippen molar-refractivity contribution in [2.45, 2.75) is 51.6 Å². The van der Waals surface area contributed by atoms with Crippen molar-refractivity contribution >= 4 is 0 Å². The average Bonchev–Trinajstić information content (AvgIpc) is 2.73. The van der Waals surface area contributed by atoms with Crippen LogP contribution in [0.4, 0.5) is 0 Å². The number of benzene rings is 1. The third-order valence-corrected chi connectivity index (χ3v) is 4.44. The Hall–Kier alpha value is -1.06. The van der Waals surface area contributed by atoms with Crippen LogP contribution in [0.25, 0.3) is 0 Å². The lowest BCUT2D eigenvalue weighted by Crippen LogP contribution is -2.33. The van der Waals surface area contributed by atoms with Crippen LogP contribution in [0.3, 0.4) is 0 Å². The molecule has 1 heterocycles. The van der Waals surface area contributed by atoms with Gasteiger partial charge >= 0.3 is 0 Å². The van der Waals surface area contributed by atoms with Crippen LogP contribution in [0.1, 0.15) is 51.1 Å². The predicted molar refractivity (Wildman–Crippen MR) is 88.9 cm³/mol. The Balaban J connectivity index is 1.88.